The van der Waals surface area contributed by atoms with Crippen LogP contribution in [-0.4, -0.2) is 43.9 Å². The van der Waals surface area contributed by atoms with Crippen LogP contribution >= 0.6 is 11.8 Å². The highest BCUT2D eigenvalue weighted by Crippen LogP contribution is 2.27. The standard InChI is InChI=1S/C24H32N6O3S/c1-8-30(9-2)16-12-10-15(11-13-16)25-17(31)14-34-20-18-19(26-22(27-20)24(3,4)5)28(6)23(33)29(7)21(18)32/h10-13H,8-9,14H2,1-7H3,(H,25,31). The van der Waals surface area contributed by atoms with Gasteiger partial charge in [0.1, 0.15) is 16.2 Å². The Morgan fingerprint density at radius 3 is 2.21 bits per heavy atom. The number of aryl methyl sites for hydroxylation is 1. The lowest BCUT2D eigenvalue weighted by Gasteiger charge is -2.21. The average Bonchev–Trinajstić information content (AvgIpc) is 2.80. The van der Waals surface area contributed by atoms with Gasteiger partial charge in [0, 0.05) is 44.0 Å². The maximum atomic E-state index is 12.9. The Bertz CT molecular complexity index is 1320. The first-order valence-electron chi connectivity index (χ1n) is 11.2. The lowest BCUT2D eigenvalue weighted by Crippen LogP contribution is -2.38. The molecule has 0 unspecified atom stereocenters. The van der Waals surface area contributed by atoms with Gasteiger partial charge in [-0.15, -0.1) is 0 Å². The van der Waals surface area contributed by atoms with Gasteiger partial charge in [0.25, 0.3) is 5.56 Å². The number of benzene rings is 1. The Hall–Kier alpha value is -3.14. The fourth-order valence-corrected chi connectivity index (χ4v) is 4.36. The van der Waals surface area contributed by atoms with Gasteiger partial charge in [-0.05, 0) is 38.1 Å². The van der Waals surface area contributed by atoms with E-state index in [1.807, 2.05) is 45.0 Å². The second-order valence-electron chi connectivity index (χ2n) is 9.06. The molecule has 0 fully saturated rings. The molecule has 0 radical (unpaired) electrons. The first kappa shape index (κ1) is 25.5. The van der Waals surface area contributed by atoms with E-state index in [0.717, 1.165) is 35.1 Å². The summed E-state index contributed by atoms with van der Waals surface area (Å²) in [6.45, 7) is 11.9. The van der Waals surface area contributed by atoms with Crippen LogP contribution < -0.4 is 21.5 Å². The van der Waals surface area contributed by atoms with Gasteiger partial charge in [-0.2, -0.15) is 0 Å². The van der Waals surface area contributed by atoms with E-state index in [-0.39, 0.29) is 22.7 Å². The molecular formula is C24H32N6O3S. The van der Waals surface area contributed by atoms with Crippen molar-refractivity contribution in [2.75, 3.05) is 29.1 Å². The van der Waals surface area contributed by atoms with E-state index in [9.17, 15) is 14.4 Å². The van der Waals surface area contributed by atoms with Crippen LogP contribution in [0, 0.1) is 0 Å². The van der Waals surface area contributed by atoms with Crippen LogP contribution in [0.15, 0.2) is 38.9 Å². The van der Waals surface area contributed by atoms with E-state index < -0.39 is 16.7 Å². The summed E-state index contributed by atoms with van der Waals surface area (Å²) < 4.78 is 2.37. The number of aromatic nitrogens is 4. The Kier molecular flexibility index (Phi) is 7.50. The minimum Gasteiger partial charge on any atom is -0.372 e. The predicted molar refractivity (Wildman–Crippen MR) is 138 cm³/mol. The third-order valence-electron chi connectivity index (χ3n) is 5.56. The van der Waals surface area contributed by atoms with Crippen LogP contribution in [0.3, 0.4) is 0 Å². The van der Waals surface area contributed by atoms with Crippen molar-refractivity contribution in [3.05, 3.63) is 50.9 Å². The number of fused-ring (bicyclic) bond motifs is 1. The number of hydrogen-bond acceptors (Lipinski definition) is 7. The van der Waals surface area contributed by atoms with Crippen LogP contribution in [0.1, 0.15) is 40.4 Å². The van der Waals surface area contributed by atoms with Gasteiger partial charge in [0.15, 0.2) is 5.65 Å². The van der Waals surface area contributed by atoms with Crippen LogP contribution in [-0.2, 0) is 24.3 Å². The topological polar surface area (TPSA) is 102 Å². The number of anilines is 2. The quantitative estimate of drug-likeness (QED) is 0.406. The summed E-state index contributed by atoms with van der Waals surface area (Å²) in [4.78, 5) is 49.4. The minimum atomic E-state index is -0.478. The van der Waals surface area contributed by atoms with E-state index in [4.69, 9.17) is 0 Å². The SMILES string of the molecule is CCN(CC)c1ccc(NC(=O)CSc2nc(C(C)(C)C)nc3c2c(=O)n(C)c(=O)n3C)cc1. The van der Waals surface area contributed by atoms with Crippen molar-refractivity contribution in [3.63, 3.8) is 0 Å². The molecule has 9 nitrogen and oxygen atoms in total. The van der Waals surface area contributed by atoms with Gasteiger partial charge in [-0.3, -0.25) is 18.7 Å². The highest BCUT2D eigenvalue weighted by atomic mass is 32.2. The number of nitrogens with one attached hydrogen (secondary N) is 1. The largest absolute Gasteiger partial charge is 0.372 e. The smallest absolute Gasteiger partial charge is 0.332 e. The van der Waals surface area contributed by atoms with Crippen LogP contribution in [0.4, 0.5) is 11.4 Å². The summed E-state index contributed by atoms with van der Waals surface area (Å²) in [7, 11) is 3.00. The first-order valence-corrected chi connectivity index (χ1v) is 12.2. The van der Waals surface area contributed by atoms with Gasteiger partial charge < -0.3 is 10.2 Å². The molecule has 2 heterocycles. The third-order valence-corrected chi connectivity index (χ3v) is 6.53. The van der Waals surface area contributed by atoms with Crippen molar-refractivity contribution in [1.82, 2.24) is 19.1 Å². The zero-order chi connectivity index (χ0) is 25.2. The molecule has 2 aromatic heterocycles. The van der Waals surface area contributed by atoms with Crippen molar-refractivity contribution in [1.29, 1.82) is 0 Å². The Morgan fingerprint density at radius 1 is 1.03 bits per heavy atom. The van der Waals surface area contributed by atoms with Crippen molar-refractivity contribution in [2.24, 2.45) is 14.1 Å². The number of amides is 1. The molecule has 3 rings (SSSR count). The fourth-order valence-electron chi connectivity index (χ4n) is 3.54. The normalized spacial score (nSPS) is 11.6. The second-order valence-corrected chi connectivity index (χ2v) is 10.0. The lowest BCUT2D eigenvalue weighted by atomic mass is 9.96. The Labute approximate surface area is 203 Å². The molecule has 0 saturated heterocycles. The van der Waals surface area contributed by atoms with E-state index in [2.05, 4.69) is 34.0 Å². The summed E-state index contributed by atoms with van der Waals surface area (Å²) in [5.41, 5.74) is 0.716. The van der Waals surface area contributed by atoms with E-state index >= 15 is 0 Å². The van der Waals surface area contributed by atoms with Gasteiger partial charge in [0.05, 0.1) is 5.75 Å². The molecule has 0 spiro atoms. The van der Waals surface area contributed by atoms with Gasteiger partial charge >= 0.3 is 5.69 Å². The zero-order valence-electron chi connectivity index (χ0n) is 20.8. The van der Waals surface area contributed by atoms with E-state index in [0.29, 0.717) is 16.5 Å². The van der Waals surface area contributed by atoms with Crippen molar-refractivity contribution in [2.45, 2.75) is 45.1 Å². The van der Waals surface area contributed by atoms with Crippen LogP contribution in [0.2, 0.25) is 0 Å². The minimum absolute atomic E-state index is 0.0550. The Balaban J connectivity index is 1.89. The predicted octanol–water partition coefficient (Wildman–Crippen LogP) is 2.90. The number of nitrogens with zero attached hydrogens (tertiary/aromatic N) is 5. The molecule has 1 amide bonds. The zero-order valence-corrected chi connectivity index (χ0v) is 21.6. The summed E-state index contributed by atoms with van der Waals surface area (Å²) >= 11 is 1.16. The molecule has 0 aliphatic rings. The van der Waals surface area contributed by atoms with Crippen LogP contribution in [0.25, 0.3) is 11.0 Å². The van der Waals surface area contributed by atoms with Gasteiger partial charge in [-0.1, -0.05) is 32.5 Å². The first-order chi connectivity index (χ1) is 16.0. The highest BCUT2D eigenvalue weighted by molar-refractivity contribution is 8.00. The Morgan fingerprint density at radius 2 is 1.65 bits per heavy atom. The molecule has 0 saturated carbocycles. The van der Waals surface area contributed by atoms with Gasteiger partial charge in [-0.25, -0.2) is 14.8 Å². The number of rotatable bonds is 7. The molecular weight excluding hydrogens is 452 g/mol. The molecule has 1 N–H and O–H groups in total. The molecule has 0 aliphatic heterocycles. The van der Waals surface area contributed by atoms with E-state index in [1.165, 1.54) is 11.6 Å². The maximum Gasteiger partial charge on any atom is 0.332 e. The number of thioether (sulfide) groups is 1. The lowest BCUT2D eigenvalue weighted by molar-refractivity contribution is -0.113. The molecule has 10 heteroatoms. The number of carbonyl (C=O) groups is 1. The molecule has 3 aromatic rings. The maximum absolute atomic E-state index is 12.9. The summed E-state index contributed by atoms with van der Waals surface area (Å²) in [6, 6.07) is 7.71. The van der Waals surface area contributed by atoms with Crippen molar-refractivity contribution >= 4 is 40.1 Å². The molecule has 34 heavy (non-hydrogen) atoms. The molecule has 182 valence electrons. The molecule has 0 aliphatic carbocycles. The van der Waals surface area contributed by atoms with Crippen molar-refractivity contribution < 1.29 is 4.79 Å². The molecule has 0 bridgehead atoms. The number of carbonyl (C=O) groups excluding carboxylic acids is 1. The summed E-state index contributed by atoms with van der Waals surface area (Å²) in [5.74, 6) is 0.337. The summed E-state index contributed by atoms with van der Waals surface area (Å²) in [5, 5.41) is 3.52. The van der Waals surface area contributed by atoms with Crippen molar-refractivity contribution in [3.8, 4) is 0 Å². The third kappa shape index (κ3) is 5.16. The average molecular weight is 485 g/mol. The molecule has 1 aromatic carbocycles. The fraction of sp³-hybridized carbons (Fsp3) is 0.458. The highest BCUT2D eigenvalue weighted by Gasteiger charge is 2.24. The second kappa shape index (κ2) is 10.0. The summed E-state index contributed by atoms with van der Waals surface area (Å²) in [6.07, 6.45) is 0. The number of hydrogen-bond donors (Lipinski definition) is 1. The molecule has 0 atom stereocenters. The monoisotopic (exact) mass is 484 g/mol. The van der Waals surface area contributed by atoms with E-state index in [1.54, 1.807) is 7.05 Å². The van der Waals surface area contributed by atoms with Gasteiger partial charge in [0.2, 0.25) is 5.91 Å². The van der Waals surface area contributed by atoms with Crippen LogP contribution in [0.5, 0.6) is 0 Å².